The molecule has 0 heterocycles. The van der Waals surface area contributed by atoms with E-state index in [9.17, 15) is 23.1 Å². The molecule has 0 amide bonds. The Kier molecular flexibility index (Phi) is 3.54. The van der Waals surface area contributed by atoms with Crippen LogP contribution in [0.15, 0.2) is 22.7 Å². The van der Waals surface area contributed by atoms with Crippen LogP contribution in [-0.2, 0) is 10.4 Å². The van der Waals surface area contributed by atoms with Gasteiger partial charge in [0, 0.05) is 10.0 Å². The molecule has 0 saturated heterocycles. The van der Waals surface area contributed by atoms with Gasteiger partial charge in [-0.05, 0) is 25.1 Å². The molecule has 0 saturated carbocycles. The van der Waals surface area contributed by atoms with Gasteiger partial charge in [-0.2, -0.15) is 8.78 Å². The third-order valence-electron chi connectivity index (χ3n) is 2.33. The number of carbonyl (C=O) groups is 1. The zero-order valence-corrected chi connectivity index (χ0v) is 10.1. The Morgan fingerprint density at radius 1 is 1.41 bits per heavy atom. The number of alkyl halides is 2. The number of carboxylic acids is 1. The van der Waals surface area contributed by atoms with Crippen LogP contribution in [0.4, 0.5) is 13.2 Å². The molecule has 0 aliphatic carbocycles. The minimum absolute atomic E-state index is 0.246. The molecule has 0 aliphatic rings. The fraction of sp³-hybridized carbons (Fsp3) is 0.300. The third kappa shape index (κ3) is 2.30. The third-order valence-corrected chi connectivity index (χ3v) is 2.83. The topological polar surface area (TPSA) is 57.5 Å². The molecule has 1 aromatic carbocycles. The fourth-order valence-electron chi connectivity index (χ4n) is 1.25. The monoisotopic (exact) mass is 312 g/mol. The summed E-state index contributed by atoms with van der Waals surface area (Å²) in [6.07, 6.45) is 0. The van der Waals surface area contributed by atoms with E-state index < -0.39 is 28.9 Å². The molecule has 17 heavy (non-hydrogen) atoms. The molecule has 3 nitrogen and oxygen atoms in total. The lowest BCUT2D eigenvalue weighted by Crippen LogP contribution is -2.49. The van der Waals surface area contributed by atoms with Gasteiger partial charge in [0.25, 0.3) is 0 Å². The van der Waals surface area contributed by atoms with Crippen molar-refractivity contribution in [2.75, 3.05) is 0 Å². The summed E-state index contributed by atoms with van der Waals surface area (Å²) in [5.74, 6) is -8.14. The summed E-state index contributed by atoms with van der Waals surface area (Å²) in [6, 6.07) is 3.01. The average molecular weight is 313 g/mol. The molecule has 94 valence electrons. The second kappa shape index (κ2) is 4.30. The van der Waals surface area contributed by atoms with Crippen molar-refractivity contribution >= 4 is 21.9 Å². The van der Waals surface area contributed by atoms with Crippen molar-refractivity contribution in [3.63, 3.8) is 0 Å². The van der Waals surface area contributed by atoms with Crippen molar-refractivity contribution in [3.8, 4) is 0 Å². The van der Waals surface area contributed by atoms with E-state index in [2.05, 4.69) is 15.9 Å². The maximum Gasteiger partial charge on any atom is 0.378 e. The van der Waals surface area contributed by atoms with Crippen LogP contribution in [0.3, 0.4) is 0 Å². The molecule has 0 spiro atoms. The van der Waals surface area contributed by atoms with Crippen LogP contribution in [0.2, 0.25) is 0 Å². The van der Waals surface area contributed by atoms with Crippen LogP contribution in [0.1, 0.15) is 12.5 Å². The molecule has 1 atom stereocenters. The van der Waals surface area contributed by atoms with Gasteiger partial charge in [0.2, 0.25) is 0 Å². The Morgan fingerprint density at radius 2 is 1.94 bits per heavy atom. The van der Waals surface area contributed by atoms with E-state index in [1.807, 2.05) is 0 Å². The van der Waals surface area contributed by atoms with E-state index in [0.29, 0.717) is 6.92 Å². The second-order valence-corrected chi connectivity index (χ2v) is 4.49. The molecule has 7 heteroatoms. The van der Waals surface area contributed by atoms with Gasteiger partial charge < -0.3 is 10.2 Å². The Morgan fingerprint density at radius 3 is 2.41 bits per heavy atom. The van der Waals surface area contributed by atoms with Crippen LogP contribution >= 0.6 is 15.9 Å². The predicted octanol–water partition coefficient (Wildman–Crippen LogP) is 2.52. The van der Waals surface area contributed by atoms with Crippen LogP contribution in [0, 0.1) is 5.82 Å². The lowest BCUT2D eigenvalue weighted by Gasteiger charge is -2.30. The molecule has 1 rings (SSSR count). The highest BCUT2D eigenvalue weighted by atomic mass is 79.9. The summed E-state index contributed by atoms with van der Waals surface area (Å²) in [4.78, 5) is 10.4. The van der Waals surface area contributed by atoms with Gasteiger partial charge in [-0.25, -0.2) is 9.18 Å². The van der Waals surface area contributed by atoms with Crippen LogP contribution < -0.4 is 0 Å². The SMILES string of the molecule is CC(O)(c1cc(Br)ccc1F)C(F)(F)C(=O)O. The number of carboxylic acid groups (broad SMARTS) is 1. The zero-order valence-electron chi connectivity index (χ0n) is 8.55. The first-order chi connectivity index (χ1) is 7.60. The normalized spacial score (nSPS) is 15.4. The number of aliphatic carboxylic acids is 1. The molecule has 0 aromatic heterocycles. The van der Waals surface area contributed by atoms with E-state index >= 15 is 0 Å². The maximum atomic E-state index is 13.4. The minimum Gasteiger partial charge on any atom is -0.477 e. The summed E-state index contributed by atoms with van der Waals surface area (Å²) in [7, 11) is 0. The highest BCUT2D eigenvalue weighted by molar-refractivity contribution is 9.10. The number of rotatable bonds is 3. The van der Waals surface area contributed by atoms with Crippen LogP contribution in [0.25, 0.3) is 0 Å². The van der Waals surface area contributed by atoms with Crippen molar-refractivity contribution in [1.82, 2.24) is 0 Å². The fourth-order valence-corrected chi connectivity index (χ4v) is 1.61. The van der Waals surface area contributed by atoms with Crippen molar-refractivity contribution in [2.45, 2.75) is 18.4 Å². The quantitative estimate of drug-likeness (QED) is 0.901. The van der Waals surface area contributed by atoms with E-state index in [0.717, 1.165) is 12.1 Å². The van der Waals surface area contributed by atoms with E-state index in [1.165, 1.54) is 6.07 Å². The predicted molar refractivity (Wildman–Crippen MR) is 56.3 cm³/mol. The summed E-state index contributed by atoms with van der Waals surface area (Å²) in [5, 5.41) is 18.0. The first-order valence-corrected chi connectivity index (χ1v) is 5.19. The lowest BCUT2D eigenvalue weighted by atomic mass is 9.89. The summed E-state index contributed by atoms with van der Waals surface area (Å²) in [6.45, 7) is 0.548. The van der Waals surface area contributed by atoms with Crippen molar-refractivity contribution in [3.05, 3.63) is 34.1 Å². The van der Waals surface area contributed by atoms with Gasteiger partial charge >= 0.3 is 11.9 Å². The molecule has 0 fully saturated rings. The molecule has 0 bridgehead atoms. The Bertz CT molecular complexity index is 460. The van der Waals surface area contributed by atoms with E-state index in [-0.39, 0.29) is 4.47 Å². The molecule has 1 unspecified atom stereocenters. The van der Waals surface area contributed by atoms with Crippen LogP contribution in [-0.4, -0.2) is 22.1 Å². The second-order valence-electron chi connectivity index (χ2n) is 3.58. The Labute approximate surface area is 103 Å². The first-order valence-electron chi connectivity index (χ1n) is 4.40. The number of hydrogen-bond donors (Lipinski definition) is 2. The maximum absolute atomic E-state index is 13.4. The van der Waals surface area contributed by atoms with Gasteiger partial charge in [-0.15, -0.1) is 0 Å². The molecule has 2 N–H and O–H groups in total. The Hall–Kier alpha value is -1.08. The van der Waals surface area contributed by atoms with Gasteiger partial charge in [0.05, 0.1) is 0 Å². The Balaban J connectivity index is 3.40. The zero-order chi connectivity index (χ0) is 13.4. The van der Waals surface area contributed by atoms with Crippen molar-refractivity contribution in [2.24, 2.45) is 0 Å². The van der Waals surface area contributed by atoms with Gasteiger partial charge in [0.1, 0.15) is 5.82 Å². The van der Waals surface area contributed by atoms with Gasteiger partial charge in [0.15, 0.2) is 5.60 Å². The van der Waals surface area contributed by atoms with E-state index in [4.69, 9.17) is 5.11 Å². The first kappa shape index (κ1) is 14.0. The van der Waals surface area contributed by atoms with Crippen molar-refractivity contribution in [1.29, 1.82) is 0 Å². The highest BCUT2D eigenvalue weighted by Gasteiger charge is 2.57. The molecule has 0 aliphatic heterocycles. The van der Waals surface area contributed by atoms with Gasteiger partial charge in [-0.1, -0.05) is 15.9 Å². The number of halogens is 4. The van der Waals surface area contributed by atoms with Gasteiger partial charge in [-0.3, -0.25) is 0 Å². The summed E-state index contributed by atoms with van der Waals surface area (Å²) >= 11 is 2.92. The standard InChI is InChI=1S/C10H8BrF3O3/c1-9(17,10(13,14)8(15)16)6-4-5(11)2-3-7(6)12/h2-4,17H,1H3,(H,15,16). The van der Waals surface area contributed by atoms with Crippen molar-refractivity contribution < 1.29 is 28.2 Å². The largest absolute Gasteiger partial charge is 0.477 e. The molecular formula is C10H8BrF3O3. The number of benzene rings is 1. The summed E-state index contributed by atoms with van der Waals surface area (Å²) in [5.41, 5.74) is -3.94. The lowest BCUT2D eigenvalue weighted by molar-refractivity contribution is -0.207. The smallest absolute Gasteiger partial charge is 0.378 e. The average Bonchev–Trinajstić information content (AvgIpc) is 2.21. The van der Waals surface area contributed by atoms with Crippen LogP contribution in [0.5, 0.6) is 0 Å². The number of hydrogen-bond acceptors (Lipinski definition) is 2. The molecular weight excluding hydrogens is 305 g/mol. The van der Waals surface area contributed by atoms with E-state index in [1.54, 1.807) is 0 Å². The highest BCUT2D eigenvalue weighted by Crippen LogP contribution is 2.39. The molecule has 0 radical (unpaired) electrons. The minimum atomic E-state index is -4.51. The molecule has 1 aromatic rings. The summed E-state index contributed by atoms with van der Waals surface area (Å²) < 4.78 is 40.2. The number of aliphatic hydroxyl groups is 1.